The SMILES string of the molecule is C[C@H](C(=O)NC[C@H]1CCN(C(=O)c2ccc3cccnc3c2)C1)N(C)C. The number of pyridine rings is 1. The summed E-state index contributed by atoms with van der Waals surface area (Å²) in [6.45, 7) is 3.90. The van der Waals surface area contributed by atoms with Crippen LogP contribution in [0.1, 0.15) is 23.7 Å². The van der Waals surface area contributed by atoms with Crippen LogP contribution < -0.4 is 5.32 Å². The van der Waals surface area contributed by atoms with Crippen molar-refractivity contribution in [3.8, 4) is 0 Å². The topological polar surface area (TPSA) is 65.5 Å². The third kappa shape index (κ3) is 4.02. The number of benzene rings is 1. The van der Waals surface area contributed by atoms with Crippen LogP contribution in [0.3, 0.4) is 0 Å². The van der Waals surface area contributed by atoms with Crippen LogP contribution in [0.2, 0.25) is 0 Å². The second kappa shape index (κ2) is 7.83. The predicted octanol–water partition coefficient (Wildman–Crippen LogP) is 1.76. The van der Waals surface area contributed by atoms with Crippen LogP contribution >= 0.6 is 0 Å². The second-order valence-electron chi connectivity index (χ2n) is 7.20. The normalized spacial score (nSPS) is 18.3. The maximum atomic E-state index is 12.8. The van der Waals surface area contributed by atoms with Crippen LogP contribution in [-0.2, 0) is 4.79 Å². The molecule has 0 bridgehead atoms. The van der Waals surface area contributed by atoms with Crippen molar-refractivity contribution in [2.24, 2.45) is 5.92 Å². The lowest BCUT2D eigenvalue weighted by molar-refractivity contribution is -0.125. The summed E-state index contributed by atoms with van der Waals surface area (Å²) in [7, 11) is 3.78. The molecule has 26 heavy (non-hydrogen) atoms. The largest absolute Gasteiger partial charge is 0.354 e. The van der Waals surface area contributed by atoms with E-state index >= 15 is 0 Å². The van der Waals surface area contributed by atoms with Gasteiger partial charge < -0.3 is 10.2 Å². The van der Waals surface area contributed by atoms with E-state index in [1.54, 1.807) is 6.20 Å². The molecule has 0 saturated carbocycles. The van der Waals surface area contributed by atoms with Crippen LogP contribution in [0.5, 0.6) is 0 Å². The summed E-state index contributed by atoms with van der Waals surface area (Å²) in [5.74, 6) is 0.365. The number of hydrogen-bond acceptors (Lipinski definition) is 4. The van der Waals surface area contributed by atoms with Gasteiger partial charge in [-0.1, -0.05) is 12.1 Å². The number of likely N-dealkylation sites (N-methyl/N-ethyl adjacent to an activating group) is 1. The van der Waals surface area contributed by atoms with Gasteiger partial charge in [-0.15, -0.1) is 0 Å². The molecule has 0 aliphatic carbocycles. The number of likely N-dealkylation sites (tertiary alicyclic amines) is 1. The molecule has 1 fully saturated rings. The molecule has 2 amide bonds. The summed E-state index contributed by atoms with van der Waals surface area (Å²) in [6, 6.07) is 9.37. The molecule has 1 aliphatic heterocycles. The standard InChI is InChI=1S/C20H26N4O2/c1-14(23(2)3)19(25)22-12-15-8-10-24(13-15)20(26)17-7-6-16-5-4-9-21-18(16)11-17/h4-7,9,11,14-15H,8,10,12-13H2,1-3H3,(H,22,25)/t14-,15-/m1/s1. The van der Waals surface area contributed by atoms with Crippen LogP contribution in [0.4, 0.5) is 0 Å². The van der Waals surface area contributed by atoms with Crippen molar-refractivity contribution in [2.45, 2.75) is 19.4 Å². The summed E-state index contributed by atoms with van der Waals surface area (Å²) in [5, 5.41) is 4.03. The molecule has 0 radical (unpaired) electrons. The van der Waals surface area contributed by atoms with Crippen LogP contribution in [0, 0.1) is 5.92 Å². The van der Waals surface area contributed by atoms with Crippen molar-refractivity contribution in [1.82, 2.24) is 20.1 Å². The van der Waals surface area contributed by atoms with Gasteiger partial charge in [0.05, 0.1) is 11.6 Å². The number of nitrogens with one attached hydrogen (secondary N) is 1. The maximum Gasteiger partial charge on any atom is 0.253 e. The molecule has 0 spiro atoms. The van der Waals surface area contributed by atoms with Crippen LogP contribution in [0.25, 0.3) is 10.9 Å². The van der Waals surface area contributed by atoms with Gasteiger partial charge >= 0.3 is 0 Å². The molecular weight excluding hydrogens is 328 g/mol. The van der Waals surface area contributed by atoms with E-state index in [1.807, 2.05) is 61.2 Å². The highest BCUT2D eigenvalue weighted by atomic mass is 16.2. The Hall–Kier alpha value is -2.47. The summed E-state index contributed by atoms with van der Waals surface area (Å²) in [4.78, 5) is 32.9. The monoisotopic (exact) mass is 354 g/mol. The fourth-order valence-electron chi connectivity index (χ4n) is 3.19. The molecule has 2 heterocycles. The van der Waals surface area contributed by atoms with E-state index < -0.39 is 0 Å². The molecule has 2 atom stereocenters. The van der Waals surface area contributed by atoms with Gasteiger partial charge in [0.25, 0.3) is 5.91 Å². The minimum absolute atomic E-state index is 0.0281. The number of carbonyl (C=O) groups excluding carboxylic acids is 2. The van der Waals surface area contributed by atoms with E-state index in [1.165, 1.54) is 0 Å². The predicted molar refractivity (Wildman–Crippen MR) is 102 cm³/mol. The van der Waals surface area contributed by atoms with Crippen molar-refractivity contribution in [3.63, 3.8) is 0 Å². The Morgan fingerprint density at radius 2 is 2.15 bits per heavy atom. The molecule has 1 aromatic heterocycles. The quantitative estimate of drug-likeness (QED) is 0.889. The Kier molecular flexibility index (Phi) is 5.52. The van der Waals surface area contributed by atoms with E-state index in [0.717, 1.165) is 23.9 Å². The van der Waals surface area contributed by atoms with Crippen LogP contribution in [-0.4, -0.2) is 66.4 Å². The highest BCUT2D eigenvalue weighted by molar-refractivity contribution is 5.97. The van der Waals surface area contributed by atoms with E-state index in [0.29, 0.717) is 24.6 Å². The molecule has 0 unspecified atom stereocenters. The van der Waals surface area contributed by atoms with Gasteiger partial charge in [-0.2, -0.15) is 0 Å². The number of nitrogens with zero attached hydrogens (tertiary/aromatic N) is 3. The molecule has 1 aliphatic rings. The van der Waals surface area contributed by atoms with Gasteiger partial charge in [-0.3, -0.25) is 19.5 Å². The fourth-order valence-corrected chi connectivity index (χ4v) is 3.19. The Bertz CT molecular complexity index is 805. The first-order valence-electron chi connectivity index (χ1n) is 9.04. The van der Waals surface area contributed by atoms with Crippen LogP contribution in [0.15, 0.2) is 36.5 Å². The van der Waals surface area contributed by atoms with Crippen molar-refractivity contribution in [1.29, 1.82) is 0 Å². The third-order valence-electron chi connectivity index (χ3n) is 5.14. The first kappa shape index (κ1) is 18.3. The highest BCUT2D eigenvalue weighted by Gasteiger charge is 2.28. The lowest BCUT2D eigenvalue weighted by Crippen LogP contribution is -2.43. The number of carbonyl (C=O) groups is 2. The lowest BCUT2D eigenvalue weighted by Gasteiger charge is -2.20. The summed E-state index contributed by atoms with van der Waals surface area (Å²) < 4.78 is 0. The Labute approximate surface area is 154 Å². The molecule has 3 rings (SSSR count). The number of hydrogen-bond donors (Lipinski definition) is 1. The summed E-state index contributed by atoms with van der Waals surface area (Å²) in [6.07, 6.45) is 2.65. The smallest absolute Gasteiger partial charge is 0.253 e. The van der Waals surface area contributed by atoms with Gasteiger partial charge in [0.1, 0.15) is 0 Å². The average Bonchev–Trinajstić information content (AvgIpc) is 3.13. The van der Waals surface area contributed by atoms with E-state index in [9.17, 15) is 9.59 Å². The second-order valence-corrected chi connectivity index (χ2v) is 7.20. The Morgan fingerprint density at radius 3 is 2.92 bits per heavy atom. The van der Waals surface area contributed by atoms with Crippen molar-refractivity contribution < 1.29 is 9.59 Å². The van der Waals surface area contributed by atoms with Gasteiger partial charge in [0.15, 0.2) is 0 Å². The van der Waals surface area contributed by atoms with Crippen molar-refractivity contribution in [2.75, 3.05) is 33.7 Å². The van der Waals surface area contributed by atoms with Crippen molar-refractivity contribution >= 4 is 22.7 Å². The molecular formula is C20H26N4O2. The minimum atomic E-state index is -0.153. The average molecular weight is 354 g/mol. The van der Waals surface area contributed by atoms with E-state index in [4.69, 9.17) is 0 Å². The molecule has 1 N–H and O–H groups in total. The molecule has 6 nitrogen and oxygen atoms in total. The zero-order valence-electron chi connectivity index (χ0n) is 15.6. The summed E-state index contributed by atoms with van der Waals surface area (Å²) >= 11 is 0. The first-order valence-corrected chi connectivity index (χ1v) is 9.04. The van der Waals surface area contributed by atoms with Gasteiger partial charge in [-0.25, -0.2) is 0 Å². The number of fused-ring (bicyclic) bond motifs is 1. The molecule has 1 aromatic carbocycles. The van der Waals surface area contributed by atoms with Crippen molar-refractivity contribution in [3.05, 3.63) is 42.1 Å². The number of rotatable bonds is 5. The highest BCUT2D eigenvalue weighted by Crippen LogP contribution is 2.20. The third-order valence-corrected chi connectivity index (χ3v) is 5.14. The molecule has 138 valence electrons. The lowest BCUT2D eigenvalue weighted by atomic mass is 10.1. The zero-order chi connectivity index (χ0) is 18.7. The van der Waals surface area contributed by atoms with E-state index in [-0.39, 0.29) is 17.9 Å². The maximum absolute atomic E-state index is 12.8. The first-order chi connectivity index (χ1) is 12.5. The van der Waals surface area contributed by atoms with Gasteiger partial charge in [-0.05, 0) is 51.6 Å². The summed E-state index contributed by atoms with van der Waals surface area (Å²) in [5.41, 5.74) is 1.50. The minimum Gasteiger partial charge on any atom is -0.354 e. The Morgan fingerprint density at radius 1 is 1.35 bits per heavy atom. The zero-order valence-corrected chi connectivity index (χ0v) is 15.6. The number of amides is 2. The van der Waals surface area contributed by atoms with Gasteiger partial charge in [0, 0.05) is 36.8 Å². The number of aromatic nitrogens is 1. The van der Waals surface area contributed by atoms with Gasteiger partial charge in [0.2, 0.25) is 5.91 Å². The van der Waals surface area contributed by atoms with E-state index in [2.05, 4.69) is 10.3 Å². The molecule has 6 heteroatoms. The molecule has 1 saturated heterocycles. The fraction of sp³-hybridized carbons (Fsp3) is 0.450. The molecule has 2 aromatic rings. The Balaban J connectivity index is 1.57.